The van der Waals surface area contributed by atoms with Gasteiger partial charge in [-0.25, -0.2) is 4.68 Å². The molecule has 1 aliphatic heterocycles. The Morgan fingerprint density at radius 1 is 0.829 bits per heavy atom. The molecule has 1 amide bonds. The van der Waals surface area contributed by atoms with E-state index < -0.39 is 0 Å². The number of thiocarbonyl (C=S) groups is 1. The molecule has 5 aromatic rings. The first-order valence-electron chi connectivity index (χ1n) is 13.4. The summed E-state index contributed by atoms with van der Waals surface area (Å²) in [6.45, 7) is 1.02. The molecule has 0 radical (unpaired) electrons. The Hall–Kier alpha value is -4.46. The zero-order valence-electron chi connectivity index (χ0n) is 22.2. The number of rotatable bonds is 9. The Bertz CT molecular complexity index is 1700. The van der Waals surface area contributed by atoms with Gasteiger partial charge in [0.05, 0.1) is 10.6 Å². The molecular formula is C34H27N3O2S2. The molecule has 41 heavy (non-hydrogen) atoms. The van der Waals surface area contributed by atoms with Crippen LogP contribution in [0, 0.1) is 0 Å². The number of aromatic nitrogens is 2. The Balaban J connectivity index is 1.30. The number of hydrogen-bond donors (Lipinski definition) is 0. The second-order valence-corrected chi connectivity index (χ2v) is 11.3. The maximum absolute atomic E-state index is 13.4. The van der Waals surface area contributed by atoms with E-state index in [-0.39, 0.29) is 5.91 Å². The van der Waals surface area contributed by atoms with Crippen LogP contribution in [-0.2, 0) is 17.8 Å². The van der Waals surface area contributed by atoms with Crippen LogP contribution in [0.15, 0.2) is 126 Å². The van der Waals surface area contributed by atoms with Crippen molar-refractivity contribution in [3.8, 4) is 22.7 Å². The molecule has 4 aromatic carbocycles. The van der Waals surface area contributed by atoms with Crippen molar-refractivity contribution in [3.63, 3.8) is 0 Å². The van der Waals surface area contributed by atoms with Crippen molar-refractivity contribution in [3.05, 3.63) is 143 Å². The van der Waals surface area contributed by atoms with Crippen molar-refractivity contribution in [2.45, 2.75) is 13.0 Å². The van der Waals surface area contributed by atoms with Gasteiger partial charge in [-0.05, 0) is 47.9 Å². The van der Waals surface area contributed by atoms with Crippen molar-refractivity contribution >= 4 is 40.3 Å². The highest BCUT2D eigenvalue weighted by Crippen LogP contribution is 2.35. The number of amides is 1. The van der Waals surface area contributed by atoms with Gasteiger partial charge in [-0.2, -0.15) is 5.10 Å². The summed E-state index contributed by atoms with van der Waals surface area (Å²) in [5.74, 6) is 0.674. The molecule has 7 heteroatoms. The minimum Gasteiger partial charge on any atom is -0.489 e. The SMILES string of the molecule is O=C1C(=Cc2cn(-c3ccccc3)nc2-c2cccc(OCc3ccccc3)c2)SC(=S)N1CCc1ccccc1. The van der Waals surface area contributed by atoms with Crippen LogP contribution in [-0.4, -0.2) is 31.5 Å². The molecule has 202 valence electrons. The highest BCUT2D eigenvalue weighted by molar-refractivity contribution is 8.26. The molecule has 0 spiro atoms. The molecule has 0 unspecified atom stereocenters. The monoisotopic (exact) mass is 573 g/mol. The maximum atomic E-state index is 13.4. The highest BCUT2D eigenvalue weighted by atomic mass is 32.2. The molecule has 5 nitrogen and oxygen atoms in total. The van der Waals surface area contributed by atoms with E-state index in [1.54, 1.807) is 4.90 Å². The fraction of sp³-hybridized carbons (Fsp3) is 0.0882. The second kappa shape index (κ2) is 12.4. The molecule has 6 rings (SSSR count). The van der Waals surface area contributed by atoms with Crippen molar-refractivity contribution in [2.75, 3.05) is 6.54 Å². The molecule has 1 fully saturated rings. The lowest BCUT2D eigenvalue weighted by atomic mass is 10.1. The molecule has 1 aliphatic rings. The third-order valence-electron chi connectivity index (χ3n) is 6.75. The molecule has 1 aromatic heterocycles. The molecule has 0 saturated carbocycles. The van der Waals surface area contributed by atoms with Gasteiger partial charge in [-0.1, -0.05) is 115 Å². The molecule has 2 heterocycles. The van der Waals surface area contributed by atoms with E-state index in [0.717, 1.165) is 40.2 Å². The van der Waals surface area contributed by atoms with Gasteiger partial charge in [0.2, 0.25) is 0 Å². The number of carbonyl (C=O) groups excluding carboxylic acids is 1. The summed E-state index contributed by atoms with van der Waals surface area (Å²) < 4.78 is 8.51. The average Bonchev–Trinajstić information content (AvgIpc) is 3.56. The quantitative estimate of drug-likeness (QED) is 0.135. The van der Waals surface area contributed by atoms with Crippen LogP contribution < -0.4 is 4.74 Å². The van der Waals surface area contributed by atoms with Crippen LogP contribution in [0.3, 0.4) is 0 Å². The predicted molar refractivity (Wildman–Crippen MR) is 170 cm³/mol. The summed E-state index contributed by atoms with van der Waals surface area (Å²) >= 11 is 6.95. The maximum Gasteiger partial charge on any atom is 0.266 e. The van der Waals surface area contributed by atoms with Crippen LogP contribution in [0.2, 0.25) is 0 Å². The third kappa shape index (κ3) is 6.32. The molecule has 0 aliphatic carbocycles. The average molecular weight is 574 g/mol. The number of hydrogen-bond acceptors (Lipinski definition) is 5. The Morgan fingerprint density at radius 2 is 1.51 bits per heavy atom. The number of thioether (sulfide) groups is 1. The highest BCUT2D eigenvalue weighted by Gasteiger charge is 2.32. The summed E-state index contributed by atoms with van der Waals surface area (Å²) in [7, 11) is 0. The van der Waals surface area contributed by atoms with Crippen LogP contribution in [0.4, 0.5) is 0 Å². The van der Waals surface area contributed by atoms with E-state index in [9.17, 15) is 4.79 Å². The Morgan fingerprint density at radius 3 is 2.24 bits per heavy atom. The molecule has 1 saturated heterocycles. The number of para-hydroxylation sites is 1. The normalized spacial score (nSPS) is 14.1. The molecular weight excluding hydrogens is 547 g/mol. The Labute approximate surface area is 249 Å². The van der Waals surface area contributed by atoms with E-state index in [4.69, 9.17) is 22.1 Å². The van der Waals surface area contributed by atoms with Crippen molar-refractivity contribution < 1.29 is 9.53 Å². The first-order chi connectivity index (χ1) is 20.1. The first-order valence-corrected chi connectivity index (χ1v) is 14.6. The van der Waals surface area contributed by atoms with Crippen molar-refractivity contribution in [1.82, 2.24) is 14.7 Å². The van der Waals surface area contributed by atoms with Gasteiger partial charge in [0, 0.05) is 23.9 Å². The van der Waals surface area contributed by atoms with Gasteiger partial charge < -0.3 is 4.74 Å². The van der Waals surface area contributed by atoms with Crippen LogP contribution in [0.1, 0.15) is 16.7 Å². The van der Waals surface area contributed by atoms with Crippen LogP contribution >= 0.6 is 24.0 Å². The van der Waals surface area contributed by atoms with Crippen molar-refractivity contribution in [1.29, 1.82) is 0 Å². The minimum atomic E-state index is -0.0747. The van der Waals surface area contributed by atoms with E-state index in [2.05, 4.69) is 12.1 Å². The molecule has 0 atom stereocenters. The Kier molecular flexibility index (Phi) is 8.07. The number of ether oxygens (including phenoxy) is 1. The third-order valence-corrected chi connectivity index (χ3v) is 8.12. The van der Waals surface area contributed by atoms with Gasteiger partial charge in [0.25, 0.3) is 5.91 Å². The topological polar surface area (TPSA) is 47.4 Å². The van der Waals surface area contributed by atoms with Gasteiger partial charge in [-0.3, -0.25) is 9.69 Å². The number of nitrogens with zero attached hydrogens (tertiary/aromatic N) is 3. The molecule has 0 bridgehead atoms. The summed E-state index contributed by atoms with van der Waals surface area (Å²) in [5.41, 5.74) is 5.69. The minimum absolute atomic E-state index is 0.0747. The fourth-order valence-corrected chi connectivity index (χ4v) is 5.92. The number of carbonyl (C=O) groups is 1. The number of benzene rings is 4. The van der Waals surface area contributed by atoms with Gasteiger partial charge in [0.1, 0.15) is 22.4 Å². The summed E-state index contributed by atoms with van der Waals surface area (Å²) in [6, 6.07) is 38.1. The molecule has 0 N–H and O–H groups in total. The smallest absolute Gasteiger partial charge is 0.266 e. The van der Waals surface area contributed by atoms with Gasteiger partial charge >= 0.3 is 0 Å². The van der Waals surface area contributed by atoms with Crippen molar-refractivity contribution in [2.24, 2.45) is 0 Å². The zero-order chi connectivity index (χ0) is 28.0. The largest absolute Gasteiger partial charge is 0.489 e. The summed E-state index contributed by atoms with van der Waals surface area (Å²) in [5, 5.41) is 4.94. The fourth-order valence-electron chi connectivity index (χ4n) is 4.62. The van der Waals surface area contributed by atoms with Crippen LogP contribution in [0.5, 0.6) is 5.75 Å². The predicted octanol–water partition coefficient (Wildman–Crippen LogP) is 7.56. The van der Waals surface area contributed by atoms with Gasteiger partial charge in [-0.15, -0.1) is 0 Å². The van der Waals surface area contributed by atoms with E-state index in [0.29, 0.717) is 22.4 Å². The zero-order valence-corrected chi connectivity index (χ0v) is 23.9. The summed E-state index contributed by atoms with van der Waals surface area (Å²) in [6.07, 6.45) is 4.60. The van der Waals surface area contributed by atoms with Gasteiger partial charge in [0.15, 0.2) is 0 Å². The lowest BCUT2D eigenvalue weighted by Crippen LogP contribution is -2.30. The van der Waals surface area contributed by atoms with E-state index >= 15 is 0 Å². The standard InChI is InChI=1S/C34H27N3O2S2/c38-33-31(41-34(40)36(33)20-19-25-11-4-1-5-12-25)22-28-23-37(29-16-8-3-9-17-29)35-32(28)27-15-10-18-30(21-27)39-24-26-13-6-2-7-14-26/h1-18,21-23H,19-20,24H2. The van der Waals surface area contributed by atoms with Crippen LogP contribution in [0.25, 0.3) is 23.0 Å². The lowest BCUT2D eigenvalue weighted by molar-refractivity contribution is -0.122. The first kappa shape index (κ1) is 26.7. The second-order valence-electron chi connectivity index (χ2n) is 9.58. The summed E-state index contributed by atoms with van der Waals surface area (Å²) in [4.78, 5) is 15.7. The lowest BCUT2D eigenvalue weighted by Gasteiger charge is -2.14. The van der Waals surface area contributed by atoms with E-state index in [1.807, 2.05) is 120 Å². The van der Waals surface area contributed by atoms with E-state index in [1.165, 1.54) is 17.3 Å².